The van der Waals surface area contributed by atoms with Crippen LogP contribution in [0.3, 0.4) is 0 Å². The standard InChI is InChI=1S/C15H20N4O2/c1-2-6-17-7-3-8-18(10-9-17)14-5-4-13(12-16)11-15(14)19(20)21/h4-5,11H,2-3,6-10H2,1H3. The van der Waals surface area contributed by atoms with Crippen molar-refractivity contribution in [2.24, 2.45) is 0 Å². The summed E-state index contributed by atoms with van der Waals surface area (Å²) in [6.07, 6.45) is 2.12. The Morgan fingerprint density at radius 1 is 1.33 bits per heavy atom. The lowest BCUT2D eigenvalue weighted by molar-refractivity contribution is -0.384. The number of nitro benzene ring substituents is 1. The van der Waals surface area contributed by atoms with Gasteiger partial charge in [-0.25, -0.2) is 0 Å². The lowest BCUT2D eigenvalue weighted by Crippen LogP contribution is -2.31. The average Bonchev–Trinajstić information content (AvgIpc) is 2.72. The lowest BCUT2D eigenvalue weighted by atomic mass is 10.1. The van der Waals surface area contributed by atoms with Crippen LogP contribution in [0.25, 0.3) is 0 Å². The van der Waals surface area contributed by atoms with Crippen LogP contribution in [0.1, 0.15) is 25.3 Å². The summed E-state index contributed by atoms with van der Waals surface area (Å²) in [6, 6.07) is 6.67. The van der Waals surface area contributed by atoms with E-state index in [-0.39, 0.29) is 5.69 Å². The molecule has 0 spiro atoms. The highest BCUT2D eigenvalue weighted by Crippen LogP contribution is 2.29. The topological polar surface area (TPSA) is 73.4 Å². The van der Waals surface area contributed by atoms with E-state index < -0.39 is 4.92 Å². The van der Waals surface area contributed by atoms with E-state index in [1.165, 1.54) is 6.07 Å². The van der Waals surface area contributed by atoms with Crippen LogP contribution in [0.2, 0.25) is 0 Å². The first-order chi connectivity index (χ1) is 10.2. The van der Waals surface area contributed by atoms with Crippen molar-refractivity contribution in [2.45, 2.75) is 19.8 Å². The zero-order valence-corrected chi connectivity index (χ0v) is 12.3. The molecule has 0 radical (unpaired) electrons. The maximum atomic E-state index is 11.2. The van der Waals surface area contributed by atoms with Gasteiger partial charge in [0, 0.05) is 25.7 Å². The van der Waals surface area contributed by atoms with Gasteiger partial charge in [0.15, 0.2) is 0 Å². The molecule has 1 aliphatic rings. The average molecular weight is 288 g/mol. The zero-order valence-electron chi connectivity index (χ0n) is 12.3. The molecule has 1 aromatic rings. The molecule has 0 N–H and O–H groups in total. The lowest BCUT2D eigenvalue weighted by Gasteiger charge is -2.23. The molecule has 2 rings (SSSR count). The van der Waals surface area contributed by atoms with E-state index in [0.29, 0.717) is 11.3 Å². The Hall–Kier alpha value is -2.13. The normalized spacial score (nSPS) is 16.3. The van der Waals surface area contributed by atoms with Crippen LogP contribution < -0.4 is 4.90 Å². The van der Waals surface area contributed by atoms with Gasteiger partial charge in [-0.3, -0.25) is 10.1 Å². The molecule has 0 atom stereocenters. The number of hydrogen-bond acceptors (Lipinski definition) is 5. The summed E-state index contributed by atoms with van der Waals surface area (Å²) in [5, 5.41) is 20.1. The Bertz CT molecular complexity index is 553. The van der Waals surface area contributed by atoms with E-state index >= 15 is 0 Å². The summed E-state index contributed by atoms with van der Waals surface area (Å²) in [5.41, 5.74) is 0.975. The van der Waals surface area contributed by atoms with Gasteiger partial charge in [0.2, 0.25) is 0 Å². The third-order valence-electron chi connectivity index (χ3n) is 3.77. The van der Waals surface area contributed by atoms with Crippen molar-refractivity contribution in [1.29, 1.82) is 5.26 Å². The highest BCUT2D eigenvalue weighted by atomic mass is 16.6. The van der Waals surface area contributed by atoms with Crippen molar-refractivity contribution in [1.82, 2.24) is 4.90 Å². The van der Waals surface area contributed by atoms with Crippen LogP contribution >= 0.6 is 0 Å². The van der Waals surface area contributed by atoms with Crippen molar-refractivity contribution in [3.8, 4) is 6.07 Å². The molecular formula is C15H20N4O2. The second kappa shape index (κ2) is 7.04. The third kappa shape index (κ3) is 3.70. The Kier molecular flexibility index (Phi) is 5.12. The Morgan fingerprint density at radius 3 is 2.81 bits per heavy atom. The van der Waals surface area contributed by atoms with Crippen LogP contribution in [-0.4, -0.2) is 42.5 Å². The summed E-state index contributed by atoms with van der Waals surface area (Å²) < 4.78 is 0. The second-order valence-corrected chi connectivity index (χ2v) is 5.25. The maximum absolute atomic E-state index is 11.2. The molecule has 0 bridgehead atoms. The van der Waals surface area contributed by atoms with E-state index in [4.69, 9.17) is 5.26 Å². The number of nitrogens with zero attached hydrogens (tertiary/aromatic N) is 4. The molecule has 0 aliphatic carbocycles. The fourth-order valence-electron chi connectivity index (χ4n) is 2.76. The highest BCUT2D eigenvalue weighted by Gasteiger charge is 2.22. The summed E-state index contributed by atoms with van der Waals surface area (Å²) >= 11 is 0. The van der Waals surface area contributed by atoms with E-state index in [1.807, 2.05) is 6.07 Å². The monoisotopic (exact) mass is 288 g/mol. The van der Waals surface area contributed by atoms with E-state index in [2.05, 4.69) is 16.7 Å². The summed E-state index contributed by atoms with van der Waals surface area (Å²) in [7, 11) is 0. The number of nitro groups is 1. The van der Waals surface area contributed by atoms with Gasteiger partial charge in [-0.1, -0.05) is 6.92 Å². The van der Waals surface area contributed by atoms with Crippen molar-refractivity contribution in [2.75, 3.05) is 37.6 Å². The molecule has 1 heterocycles. The van der Waals surface area contributed by atoms with E-state index in [9.17, 15) is 10.1 Å². The molecule has 6 nitrogen and oxygen atoms in total. The van der Waals surface area contributed by atoms with Crippen LogP contribution in [0.5, 0.6) is 0 Å². The first kappa shape index (κ1) is 15.3. The van der Waals surface area contributed by atoms with Crippen LogP contribution in [0.4, 0.5) is 11.4 Å². The van der Waals surface area contributed by atoms with Crippen LogP contribution in [0.15, 0.2) is 18.2 Å². The largest absolute Gasteiger partial charge is 0.365 e. The molecule has 0 saturated carbocycles. The van der Waals surface area contributed by atoms with Gasteiger partial charge < -0.3 is 9.80 Å². The highest BCUT2D eigenvalue weighted by molar-refractivity contribution is 5.65. The molecule has 0 amide bonds. The molecule has 1 aliphatic heterocycles. The fourth-order valence-corrected chi connectivity index (χ4v) is 2.76. The minimum atomic E-state index is -0.398. The first-order valence-corrected chi connectivity index (χ1v) is 7.31. The fraction of sp³-hybridized carbons (Fsp3) is 0.533. The number of rotatable bonds is 4. The SMILES string of the molecule is CCCN1CCCN(c2ccc(C#N)cc2[N+](=O)[O-])CC1. The quantitative estimate of drug-likeness (QED) is 0.628. The van der Waals surface area contributed by atoms with Gasteiger partial charge in [-0.2, -0.15) is 5.26 Å². The van der Waals surface area contributed by atoms with Gasteiger partial charge in [-0.05, 0) is 38.1 Å². The Labute approximate surface area is 124 Å². The van der Waals surface area contributed by atoms with Crippen LogP contribution in [-0.2, 0) is 0 Å². The number of anilines is 1. The van der Waals surface area contributed by atoms with Gasteiger partial charge in [0.25, 0.3) is 5.69 Å². The molecule has 6 heteroatoms. The predicted molar refractivity (Wildman–Crippen MR) is 81.4 cm³/mol. The first-order valence-electron chi connectivity index (χ1n) is 7.31. The summed E-state index contributed by atoms with van der Waals surface area (Å²) in [6.45, 7) is 6.79. The molecule has 1 fully saturated rings. The second-order valence-electron chi connectivity index (χ2n) is 5.25. The van der Waals surface area contributed by atoms with Crippen molar-refractivity contribution >= 4 is 11.4 Å². The third-order valence-corrected chi connectivity index (χ3v) is 3.77. The van der Waals surface area contributed by atoms with Crippen molar-refractivity contribution < 1.29 is 4.92 Å². The summed E-state index contributed by atoms with van der Waals surface area (Å²) in [4.78, 5) is 15.3. The van der Waals surface area contributed by atoms with Gasteiger partial charge in [0.05, 0.1) is 16.6 Å². The Balaban J connectivity index is 2.21. The minimum Gasteiger partial charge on any atom is -0.365 e. The van der Waals surface area contributed by atoms with E-state index in [0.717, 1.165) is 45.6 Å². The molecule has 0 unspecified atom stereocenters. The van der Waals surface area contributed by atoms with Gasteiger partial charge >= 0.3 is 0 Å². The number of hydrogen-bond donors (Lipinski definition) is 0. The van der Waals surface area contributed by atoms with E-state index in [1.54, 1.807) is 12.1 Å². The Morgan fingerprint density at radius 2 is 2.14 bits per heavy atom. The molecule has 0 aromatic heterocycles. The van der Waals surface area contributed by atoms with Gasteiger partial charge in [-0.15, -0.1) is 0 Å². The molecule has 1 saturated heterocycles. The number of benzene rings is 1. The van der Waals surface area contributed by atoms with Gasteiger partial charge in [0.1, 0.15) is 5.69 Å². The smallest absolute Gasteiger partial charge is 0.293 e. The number of nitriles is 1. The molecular weight excluding hydrogens is 268 g/mol. The predicted octanol–water partition coefficient (Wildman–Crippen LogP) is 2.39. The summed E-state index contributed by atoms with van der Waals surface area (Å²) in [5.74, 6) is 0. The van der Waals surface area contributed by atoms with Crippen molar-refractivity contribution in [3.63, 3.8) is 0 Å². The van der Waals surface area contributed by atoms with Crippen LogP contribution in [0, 0.1) is 21.4 Å². The minimum absolute atomic E-state index is 0.0259. The molecule has 112 valence electrons. The van der Waals surface area contributed by atoms with Crippen molar-refractivity contribution in [3.05, 3.63) is 33.9 Å². The zero-order chi connectivity index (χ0) is 15.2. The molecule has 1 aromatic carbocycles. The maximum Gasteiger partial charge on any atom is 0.293 e. The molecule has 21 heavy (non-hydrogen) atoms.